The number of nitrogens with zero attached hydrogens (tertiary/aromatic N) is 4. The van der Waals surface area contributed by atoms with E-state index in [1.807, 2.05) is 0 Å². The first-order valence-electron chi connectivity index (χ1n) is 14.8. The van der Waals surface area contributed by atoms with Crippen LogP contribution in [-0.2, 0) is 37.7 Å². The van der Waals surface area contributed by atoms with Crippen LogP contribution in [0.2, 0.25) is 5.28 Å². The number of hydrogen-bond acceptors (Lipinski definition) is 14. The van der Waals surface area contributed by atoms with Crippen molar-refractivity contribution in [1.82, 2.24) is 19.7 Å². The molecule has 3 heterocycles. The summed E-state index contributed by atoms with van der Waals surface area (Å²) in [5.41, 5.74) is 0.265. The van der Waals surface area contributed by atoms with E-state index in [1.165, 1.54) is 10.9 Å². The molecule has 0 aromatic carbocycles. The van der Waals surface area contributed by atoms with Gasteiger partial charge in [-0.15, -0.1) is 6.42 Å². The lowest BCUT2D eigenvalue weighted by atomic mass is 10.1. The molecule has 2 aromatic heterocycles. The molecule has 0 bridgehead atoms. The van der Waals surface area contributed by atoms with E-state index in [2.05, 4.69) is 26.3 Å². The molecule has 5 N–H and O–H groups in total. The second-order valence-corrected chi connectivity index (χ2v) is 12.5. The minimum atomic E-state index is -4.40. The molecule has 1 saturated carbocycles. The van der Waals surface area contributed by atoms with Crippen LogP contribution in [0.3, 0.4) is 0 Å². The van der Waals surface area contributed by atoms with Gasteiger partial charge >= 0.3 is 7.60 Å². The van der Waals surface area contributed by atoms with Gasteiger partial charge in [0.1, 0.15) is 37.1 Å². The van der Waals surface area contributed by atoms with Gasteiger partial charge < -0.3 is 58.5 Å². The van der Waals surface area contributed by atoms with E-state index in [-0.39, 0.29) is 36.3 Å². The molecule has 258 valence electrons. The molecule has 4 rings (SSSR count). The quantitative estimate of drug-likeness (QED) is 0.0514. The van der Waals surface area contributed by atoms with Crippen LogP contribution in [0.4, 0.5) is 5.82 Å². The lowest BCUT2D eigenvalue weighted by Gasteiger charge is -2.17. The number of aliphatic hydroxyl groups excluding tert-OH is 2. The van der Waals surface area contributed by atoms with Crippen LogP contribution in [0.1, 0.15) is 25.5 Å². The van der Waals surface area contributed by atoms with E-state index in [9.17, 15) is 14.8 Å². The predicted octanol–water partition coefficient (Wildman–Crippen LogP) is 0.300. The second kappa shape index (κ2) is 18.5. The third-order valence-electron chi connectivity index (χ3n) is 7.15. The molecule has 1 saturated heterocycles. The number of fused-ring (bicyclic) bond motifs is 1. The first-order chi connectivity index (χ1) is 22.2. The van der Waals surface area contributed by atoms with Gasteiger partial charge in [0.15, 0.2) is 11.9 Å². The van der Waals surface area contributed by atoms with Gasteiger partial charge in [-0.3, -0.25) is 4.57 Å². The average molecular weight is 694 g/mol. The Labute approximate surface area is 270 Å². The van der Waals surface area contributed by atoms with Crippen molar-refractivity contribution in [1.29, 1.82) is 0 Å². The van der Waals surface area contributed by atoms with Crippen molar-refractivity contribution >= 4 is 36.0 Å². The smallest absolute Gasteiger partial charge is 0.350 e. The second-order valence-electron chi connectivity index (χ2n) is 10.6. The summed E-state index contributed by atoms with van der Waals surface area (Å²) < 4.78 is 50.5. The van der Waals surface area contributed by atoms with Gasteiger partial charge in [-0.25, -0.2) is 4.68 Å². The SMILES string of the molecule is C#CCOCCOCCOCCOCCO[C@@H]1CC[C@H](Nc2nc(Cl)nc3c2cnn3[C@@H]2O[C@H](COCP(=O)(O)O)[C@@H](O)[C@H]2O)C1. The van der Waals surface area contributed by atoms with Gasteiger partial charge in [0.25, 0.3) is 0 Å². The Balaban J connectivity index is 1.17. The van der Waals surface area contributed by atoms with Crippen LogP contribution in [0.15, 0.2) is 6.20 Å². The van der Waals surface area contributed by atoms with Crippen molar-refractivity contribution < 1.29 is 57.7 Å². The van der Waals surface area contributed by atoms with Gasteiger partial charge in [0.05, 0.1) is 77.1 Å². The van der Waals surface area contributed by atoms with Crippen molar-refractivity contribution in [3.63, 3.8) is 0 Å². The highest BCUT2D eigenvalue weighted by molar-refractivity contribution is 7.51. The molecule has 6 atom stereocenters. The molecule has 0 radical (unpaired) electrons. The molecule has 17 nitrogen and oxygen atoms in total. The van der Waals surface area contributed by atoms with Crippen LogP contribution in [-0.4, -0.2) is 143 Å². The highest BCUT2D eigenvalue weighted by atomic mass is 35.5. The number of aliphatic hydroxyl groups is 2. The van der Waals surface area contributed by atoms with E-state index in [0.29, 0.717) is 64.1 Å². The van der Waals surface area contributed by atoms with Crippen molar-refractivity contribution in [3.8, 4) is 12.3 Å². The Kier molecular flexibility index (Phi) is 14.8. The monoisotopic (exact) mass is 693 g/mol. The number of aromatic nitrogens is 4. The fourth-order valence-corrected chi connectivity index (χ4v) is 5.54. The normalized spacial score (nSPS) is 25.0. The van der Waals surface area contributed by atoms with Crippen LogP contribution in [0, 0.1) is 12.3 Å². The maximum absolute atomic E-state index is 11.0. The standard InChI is InChI=1S/C27H41ClN5O12P/c1-2-5-39-6-7-40-8-9-41-10-11-42-12-13-44-19-4-3-18(14-19)30-24-20-15-29-33(25(20)32-27(28)31-24)26-23(35)22(34)21(45-26)16-43-17-46(36,37)38/h1,15,18-19,21-23,26,34-35H,3-14,16-17H2,(H,30,31,32)(H2,36,37,38)/t18-,19+,21+,22+,23+,26+/m0/s1. The summed E-state index contributed by atoms with van der Waals surface area (Å²) in [4.78, 5) is 26.6. The van der Waals surface area contributed by atoms with E-state index in [4.69, 9.17) is 61.0 Å². The molecule has 0 amide bonds. The zero-order valence-corrected chi connectivity index (χ0v) is 26.8. The number of halogens is 1. The third kappa shape index (κ3) is 11.3. The molecule has 1 aliphatic carbocycles. The molecule has 46 heavy (non-hydrogen) atoms. The van der Waals surface area contributed by atoms with Gasteiger partial charge in [0, 0.05) is 6.04 Å². The highest BCUT2D eigenvalue weighted by Crippen LogP contribution is 2.36. The number of ether oxygens (including phenoxy) is 7. The summed E-state index contributed by atoms with van der Waals surface area (Å²) in [6, 6.07) is 0.0497. The highest BCUT2D eigenvalue weighted by Gasteiger charge is 2.45. The Hall–Kier alpha value is -2.01. The minimum absolute atomic E-state index is 0.0443. The van der Waals surface area contributed by atoms with Gasteiger partial charge in [-0.1, -0.05) is 5.92 Å². The fourth-order valence-electron chi connectivity index (χ4n) is 5.03. The van der Waals surface area contributed by atoms with Crippen LogP contribution in [0.5, 0.6) is 0 Å². The fraction of sp³-hybridized carbons (Fsp3) is 0.741. The molecule has 1 aliphatic heterocycles. The summed E-state index contributed by atoms with van der Waals surface area (Å²) in [5.74, 6) is 2.84. The van der Waals surface area contributed by atoms with Gasteiger partial charge in [-0.05, 0) is 30.9 Å². The van der Waals surface area contributed by atoms with E-state index in [1.54, 1.807) is 0 Å². The zero-order chi connectivity index (χ0) is 32.9. The van der Waals surface area contributed by atoms with Crippen LogP contribution in [0.25, 0.3) is 11.0 Å². The largest absolute Gasteiger partial charge is 0.387 e. The number of anilines is 1. The van der Waals surface area contributed by atoms with Crippen molar-refractivity contribution in [2.75, 3.05) is 77.7 Å². The van der Waals surface area contributed by atoms with E-state index in [0.717, 1.165) is 19.3 Å². The molecule has 2 aliphatic rings. The Bertz CT molecular complexity index is 1310. The van der Waals surface area contributed by atoms with Crippen LogP contribution >= 0.6 is 19.2 Å². The molecular formula is C27H41ClN5O12P. The molecule has 0 unspecified atom stereocenters. The van der Waals surface area contributed by atoms with E-state index < -0.39 is 38.5 Å². The molecule has 19 heteroatoms. The minimum Gasteiger partial charge on any atom is -0.387 e. The Morgan fingerprint density at radius 3 is 2.35 bits per heavy atom. The summed E-state index contributed by atoms with van der Waals surface area (Å²) in [6.07, 6.45) is 3.19. The van der Waals surface area contributed by atoms with Crippen molar-refractivity contribution in [2.24, 2.45) is 0 Å². The lowest BCUT2D eigenvalue weighted by Crippen LogP contribution is -2.34. The number of terminal acetylenes is 1. The van der Waals surface area contributed by atoms with Gasteiger partial charge in [0.2, 0.25) is 5.28 Å². The summed E-state index contributed by atoms with van der Waals surface area (Å²) in [6.45, 7) is 3.60. The molecule has 0 spiro atoms. The predicted molar refractivity (Wildman–Crippen MR) is 162 cm³/mol. The topological polar surface area (TPSA) is 218 Å². The van der Waals surface area contributed by atoms with Gasteiger partial charge in [-0.2, -0.15) is 15.1 Å². The summed E-state index contributed by atoms with van der Waals surface area (Å²) >= 11 is 6.24. The van der Waals surface area contributed by atoms with Crippen molar-refractivity contribution in [2.45, 2.75) is 55.9 Å². The van der Waals surface area contributed by atoms with E-state index >= 15 is 0 Å². The lowest BCUT2D eigenvalue weighted by molar-refractivity contribution is -0.0658. The Morgan fingerprint density at radius 2 is 1.67 bits per heavy atom. The maximum Gasteiger partial charge on any atom is 0.350 e. The van der Waals surface area contributed by atoms with Crippen LogP contribution < -0.4 is 5.32 Å². The molecule has 2 aromatic rings. The average Bonchev–Trinajstić information content (AvgIpc) is 3.71. The number of rotatable bonds is 21. The molecular weight excluding hydrogens is 653 g/mol. The maximum atomic E-state index is 11.0. The summed E-state index contributed by atoms with van der Waals surface area (Å²) in [7, 11) is -4.40. The number of nitrogens with one attached hydrogen (secondary N) is 1. The van der Waals surface area contributed by atoms with Crippen molar-refractivity contribution in [3.05, 3.63) is 11.5 Å². The third-order valence-corrected chi connectivity index (χ3v) is 7.84. The molecule has 2 fully saturated rings. The first kappa shape index (κ1) is 36.8. The summed E-state index contributed by atoms with van der Waals surface area (Å²) in [5, 5.41) is 29.2. The Morgan fingerprint density at radius 1 is 1.00 bits per heavy atom. The number of hydrogen-bond donors (Lipinski definition) is 5. The zero-order valence-electron chi connectivity index (χ0n) is 25.2. The first-order valence-corrected chi connectivity index (χ1v) is 17.0.